The van der Waals surface area contributed by atoms with Gasteiger partial charge in [0.1, 0.15) is 29.5 Å². The zero-order valence-electron chi connectivity index (χ0n) is 42.8. The van der Waals surface area contributed by atoms with Crippen LogP contribution in [0.4, 0.5) is 59.3 Å². The van der Waals surface area contributed by atoms with Crippen LogP contribution in [-0.4, -0.2) is 160 Å². The summed E-state index contributed by atoms with van der Waals surface area (Å²) in [6.45, 7) is 2.34. The molecule has 18 nitrogen and oxygen atoms in total. The van der Waals surface area contributed by atoms with Crippen molar-refractivity contribution in [3.63, 3.8) is 0 Å². The Morgan fingerprint density at radius 2 is 1.50 bits per heavy atom. The van der Waals surface area contributed by atoms with Crippen LogP contribution in [0, 0.1) is 22.5 Å². The van der Waals surface area contributed by atoms with Gasteiger partial charge in [-0.25, -0.2) is 32.1 Å². The number of methoxy groups -OCH3 is 2. The molecule has 78 heavy (non-hydrogen) atoms. The summed E-state index contributed by atoms with van der Waals surface area (Å²) in [6.07, 6.45) is -15.5. The van der Waals surface area contributed by atoms with Crippen molar-refractivity contribution in [2.45, 2.75) is 101 Å². The largest absolute Gasteiger partial charge is 0.453 e. The number of aliphatic imine (C=N–C) groups is 1. The number of carbonyl (C=O) groups excluding carboxylic acids is 4. The van der Waals surface area contributed by atoms with Gasteiger partial charge in [-0.05, 0) is 74.6 Å². The molecule has 3 aliphatic rings. The number of primary amides is 1. The van der Waals surface area contributed by atoms with E-state index in [4.69, 9.17) is 16.2 Å². The number of nitrogens with two attached hydrogens (primary N) is 2. The van der Waals surface area contributed by atoms with Crippen molar-refractivity contribution >= 4 is 41.7 Å². The predicted octanol–water partition coefficient (Wildman–Crippen LogP) is 4.75. The molecule has 9 N–H and O–H groups in total. The number of hydrogen-bond acceptors (Lipinski definition) is 14. The van der Waals surface area contributed by atoms with E-state index in [1.165, 1.54) is 36.5 Å². The topological polar surface area (TPSA) is 248 Å². The minimum Gasteiger partial charge on any atom is -0.453 e. The lowest BCUT2D eigenvalue weighted by atomic mass is 9.74. The molecule has 28 heteroatoms. The third kappa shape index (κ3) is 13.5. The Labute approximate surface area is 441 Å². The van der Waals surface area contributed by atoms with Crippen LogP contribution >= 0.6 is 0 Å². The molecular weight excluding hydrogens is 1060 g/mol. The summed E-state index contributed by atoms with van der Waals surface area (Å²) in [7, 11) is 1.75. The molecule has 6 rings (SSSR count). The maximum absolute atomic E-state index is 15.4. The van der Waals surface area contributed by atoms with Gasteiger partial charge in [0.15, 0.2) is 0 Å². The molecule has 428 valence electrons. The first kappa shape index (κ1) is 60.4. The zero-order chi connectivity index (χ0) is 57.7. The number of rotatable bonds is 23. The summed E-state index contributed by atoms with van der Waals surface area (Å²) in [5.74, 6) is -4.84. The second kappa shape index (κ2) is 24.5. The first-order valence-corrected chi connectivity index (χ1v) is 24.2. The number of ether oxygens (including phenoxy) is 3. The highest BCUT2D eigenvalue weighted by Crippen LogP contribution is 2.47. The minimum absolute atomic E-state index is 0.00767. The number of alkyl carbamates (subject to hydrolysis) is 2. The van der Waals surface area contributed by atoms with Crippen LogP contribution in [0.1, 0.15) is 43.0 Å². The van der Waals surface area contributed by atoms with Crippen LogP contribution in [0.15, 0.2) is 59.7 Å². The van der Waals surface area contributed by atoms with Crippen LogP contribution in [0.3, 0.4) is 0 Å². The molecule has 3 saturated heterocycles. The second-order valence-corrected chi connectivity index (χ2v) is 19.9. The molecule has 2 aromatic carbocycles. The number of anilines is 1. The first-order chi connectivity index (χ1) is 36.5. The monoisotopic (exact) mass is 1120 g/mol. The maximum Gasteiger partial charge on any atom is 0.407 e. The number of aliphatic hydroxyl groups excluding tert-OH is 1. The summed E-state index contributed by atoms with van der Waals surface area (Å²) < 4.78 is 159. The van der Waals surface area contributed by atoms with E-state index in [2.05, 4.69) is 35.0 Å². The molecular formula is C50H60F10N10O8. The van der Waals surface area contributed by atoms with Crippen molar-refractivity contribution in [1.82, 2.24) is 31.2 Å². The standard InChI is InChI=1S/C50H60F10N10O8/c1-47(2,49(55,56)57)42(68-46(75)77-5)44(73)66-35(38(71)19-64-17-31-32(51)13-27(14-33(31)52)34(61)10-11-63-20-39(53)54)12-25-6-8-26(9-7-25)30-18-65-40(70-22-36-37(70)21-69(36)29-23-78-24-29)15-28(30)16-48(3,50(58,59)60)41(43(62)72)67-45(74)76-4/h6-11,13-15,18,29,35-39,41-42,64,71H,12,16-17,19-24,61H2,1-5H3,(H2,62,72)(H,66,73)(H,67,74)(H,68,75). The molecule has 0 saturated carbocycles. The average molecular weight is 1120 g/mol. The van der Waals surface area contributed by atoms with Gasteiger partial charge in [0, 0.05) is 67.0 Å². The number of aliphatic hydroxyl groups is 1. The molecule has 3 fully saturated rings. The second-order valence-electron chi connectivity index (χ2n) is 19.9. The fraction of sp³-hybridized carbons (Fsp3) is 0.520. The number of pyridine rings is 1. The lowest BCUT2D eigenvalue weighted by molar-refractivity contribution is -0.226. The zero-order valence-corrected chi connectivity index (χ0v) is 42.8. The molecule has 0 bridgehead atoms. The highest BCUT2D eigenvalue weighted by Gasteiger charge is 2.60. The number of nitrogens with zero attached hydrogens (tertiary/aromatic N) is 4. The number of allylic oxidation sites excluding steroid dienone is 1. The number of nitrogens with one attached hydrogen (secondary N) is 4. The predicted molar refractivity (Wildman–Crippen MR) is 263 cm³/mol. The lowest BCUT2D eigenvalue weighted by Gasteiger charge is -2.65. The van der Waals surface area contributed by atoms with Gasteiger partial charge in [0.25, 0.3) is 6.43 Å². The smallest absolute Gasteiger partial charge is 0.407 e. The third-order valence-electron chi connectivity index (χ3n) is 14.4. The molecule has 3 aliphatic heterocycles. The van der Waals surface area contributed by atoms with Gasteiger partial charge in [-0.3, -0.25) is 19.5 Å². The van der Waals surface area contributed by atoms with Crippen molar-refractivity contribution in [1.29, 1.82) is 0 Å². The normalized spacial score (nSPS) is 19.6. The molecule has 7 atom stereocenters. The van der Waals surface area contributed by atoms with Crippen LogP contribution in [0.2, 0.25) is 0 Å². The van der Waals surface area contributed by atoms with Gasteiger partial charge in [0.2, 0.25) is 11.8 Å². The number of benzene rings is 2. The van der Waals surface area contributed by atoms with E-state index in [-0.39, 0.29) is 58.1 Å². The summed E-state index contributed by atoms with van der Waals surface area (Å²) in [5, 5.41) is 20.4. The molecule has 0 spiro atoms. The van der Waals surface area contributed by atoms with Gasteiger partial charge in [-0.1, -0.05) is 24.3 Å². The van der Waals surface area contributed by atoms with E-state index < -0.39 is 121 Å². The third-order valence-corrected chi connectivity index (χ3v) is 14.4. The molecule has 0 radical (unpaired) electrons. The van der Waals surface area contributed by atoms with E-state index in [9.17, 15) is 46.2 Å². The van der Waals surface area contributed by atoms with Gasteiger partial charge >= 0.3 is 24.5 Å². The Bertz CT molecular complexity index is 2690. The lowest BCUT2D eigenvalue weighted by Crippen LogP contribution is -2.82. The molecule has 0 aliphatic carbocycles. The highest BCUT2D eigenvalue weighted by molar-refractivity contribution is 5.87. The SMILES string of the molecule is COC(=O)NC(C(=O)NC(Cc1ccc(-c2cnc(N3CC4C3CN4C3COC3)cc2CC(C)(C(NC(=O)OC)C(N)=O)C(F)(F)F)cc1)C(O)CNCc1c(F)cc(C(N)=CC=NCC(F)F)cc1F)C(C)(C)C(F)(F)F. The molecule has 4 amide bonds. The Balaban J connectivity index is 1.31. The van der Waals surface area contributed by atoms with Gasteiger partial charge in [-0.2, -0.15) is 26.3 Å². The summed E-state index contributed by atoms with van der Waals surface area (Å²) >= 11 is 0. The highest BCUT2D eigenvalue weighted by atomic mass is 19.4. The quantitative estimate of drug-likeness (QED) is 0.0502. The fourth-order valence-electron chi connectivity index (χ4n) is 9.25. The van der Waals surface area contributed by atoms with Gasteiger partial charge < -0.3 is 57.0 Å². The number of carbonyl (C=O) groups is 4. The number of hydrogen-bond donors (Lipinski definition) is 7. The number of amides is 4. The van der Waals surface area contributed by atoms with E-state index in [1.54, 1.807) is 0 Å². The van der Waals surface area contributed by atoms with Crippen LogP contribution in [0.5, 0.6) is 0 Å². The van der Waals surface area contributed by atoms with Crippen molar-refractivity contribution in [2.24, 2.45) is 27.3 Å². The van der Waals surface area contributed by atoms with Gasteiger partial charge in [-0.15, -0.1) is 0 Å². The number of likely N-dealkylation sites (tertiary alicyclic amines) is 1. The summed E-state index contributed by atoms with van der Waals surface area (Å²) in [5.41, 5.74) is 5.12. The van der Waals surface area contributed by atoms with Crippen molar-refractivity contribution in [2.75, 3.05) is 58.5 Å². The molecule has 4 heterocycles. The van der Waals surface area contributed by atoms with Gasteiger partial charge in [0.05, 0.1) is 69.0 Å². The Morgan fingerprint density at radius 1 is 0.885 bits per heavy atom. The average Bonchev–Trinajstić information content (AvgIpc) is 3.55. The van der Waals surface area contributed by atoms with E-state index >= 15 is 22.0 Å². The van der Waals surface area contributed by atoms with E-state index in [1.807, 2.05) is 15.5 Å². The number of halogens is 10. The Kier molecular flexibility index (Phi) is 19.0. The minimum atomic E-state index is -5.17. The first-order valence-electron chi connectivity index (χ1n) is 24.2. The molecule has 3 aromatic rings. The number of fused-ring (bicyclic) bond motifs is 1. The van der Waals surface area contributed by atoms with Crippen LogP contribution in [-0.2, 0) is 43.2 Å². The molecule has 7 unspecified atom stereocenters. The number of piperazine rings is 1. The fourth-order valence-corrected chi connectivity index (χ4v) is 9.25. The number of aromatic nitrogens is 1. The van der Waals surface area contributed by atoms with Crippen molar-refractivity contribution in [3.05, 3.63) is 88.6 Å². The summed E-state index contributed by atoms with van der Waals surface area (Å²) in [4.78, 5) is 63.5. The van der Waals surface area contributed by atoms with Crippen LogP contribution in [0.25, 0.3) is 16.8 Å². The van der Waals surface area contributed by atoms with E-state index in [0.717, 1.165) is 45.6 Å². The summed E-state index contributed by atoms with van der Waals surface area (Å²) in [6, 6.07) is 3.17. The molecule has 1 aromatic heterocycles. The Morgan fingerprint density at radius 3 is 2.01 bits per heavy atom. The maximum atomic E-state index is 15.4. The van der Waals surface area contributed by atoms with E-state index in [0.29, 0.717) is 46.0 Å². The van der Waals surface area contributed by atoms with Crippen molar-refractivity contribution in [3.8, 4) is 11.1 Å². The Hall–Kier alpha value is -6.78. The van der Waals surface area contributed by atoms with Crippen LogP contribution < -0.4 is 37.6 Å². The number of alkyl halides is 8. The van der Waals surface area contributed by atoms with Crippen molar-refractivity contribution < 1.29 is 82.4 Å².